The van der Waals surface area contributed by atoms with Crippen LogP contribution in [0.15, 0.2) is 6.20 Å². The number of nitrogens with zero attached hydrogens (tertiary/aromatic N) is 2. The molecule has 0 aromatic carbocycles. The molecule has 62 valence electrons. The Morgan fingerprint density at radius 1 is 1.64 bits per heavy atom. The predicted octanol–water partition coefficient (Wildman–Crippen LogP) is 0.838. The van der Waals surface area contributed by atoms with Crippen molar-refractivity contribution in [1.82, 2.24) is 15.1 Å². The quantitative estimate of drug-likeness (QED) is 0.697. The molecule has 0 aliphatic carbocycles. The zero-order chi connectivity index (χ0) is 8.27. The Kier molecular flexibility index (Phi) is 2.65. The minimum Gasteiger partial charge on any atom is -0.313 e. The lowest BCUT2D eigenvalue weighted by atomic mass is 10.2. The second-order valence-electron chi connectivity index (χ2n) is 2.66. The molecule has 1 N–H and O–H groups in total. The van der Waals surface area contributed by atoms with Crippen LogP contribution in [0.1, 0.15) is 18.2 Å². The highest BCUT2D eigenvalue weighted by Crippen LogP contribution is 2.03. The fourth-order valence-corrected chi connectivity index (χ4v) is 0.977. The van der Waals surface area contributed by atoms with Crippen molar-refractivity contribution in [3.05, 3.63) is 17.5 Å². The van der Waals surface area contributed by atoms with Crippen LogP contribution in [-0.4, -0.2) is 16.3 Å². The van der Waals surface area contributed by atoms with Gasteiger partial charge in [-0.15, -0.1) is 0 Å². The minimum absolute atomic E-state index is 0.927. The Balaban J connectivity index is 2.63. The highest BCUT2D eigenvalue weighted by molar-refractivity contribution is 5.15. The van der Waals surface area contributed by atoms with Crippen molar-refractivity contribution < 1.29 is 0 Å². The normalized spacial score (nSPS) is 10.5. The highest BCUT2D eigenvalue weighted by atomic mass is 15.3. The first kappa shape index (κ1) is 8.27. The van der Waals surface area contributed by atoms with Gasteiger partial charge < -0.3 is 5.32 Å². The summed E-state index contributed by atoms with van der Waals surface area (Å²) in [7, 11) is 1.96. The van der Waals surface area contributed by atoms with Gasteiger partial charge in [-0.25, -0.2) is 0 Å². The number of hydrogen-bond acceptors (Lipinski definition) is 2. The Morgan fingerprint density at radius 2 is 2.36 bits per heavy atom. The van der Waals surface area contributed by atoms with Gasteiger partial charge in [0.2, 0.25) is 0 Å². The Labute approximate surface area is 67.4 Å². The molecule has 0 aliphatic heterocycles. The Hall–Kier alpha value is -0.830. The van der Waals surface area contributed by atoms with E-state index in [4.69, 9.17) is 0 Å². The summed E-state index contributed by atoms with van der Waals surface area (Å²) in [6.45, 7) is 6.12. The van der Waals surface area contributed by atoms with Gasteiger partial charge >= 0.3 is 0 Å². The molecular weight excluding hydrogens is 138 g/mol. The van der Waals surface area contributed by atoms with Crippen LogP contribution in [0.25, 0.3) is 0 Å². The molecule has 1 rings (SSSR count). The van der Waals surface area contributed by atoms with Crippen molar-refractivity contribution in [3.8, 4) is 0 Å². The van der Waals surface area contributed by atoms with E-state index < -0.39 is 0 Å². The zero-order valence-electron chi connectivity index (χ0n) is 7.39. The van der Waals surface area contributed by atoms with Crippen LogP contribution >= 0.6 is 0 Å². The second kappa shape index (κ2) is 3.53. The average Bonchev–Trinajstić information content (AvgIpc) is 2.31. The molecule has 1 aromatic heterocycles. The molecule has 3 heteroatoms. The Bertz CT molecular complexity index is 227. The summed E-state index contributed by atoms with van der Waals surface area (Å²) in [6, 6.07) is 0. The Morgan fingerprint density at radius 3 is 2.82 bits per heavy atom. The fourth-order valence-electron chi connectivity index (χ4n) is 0.977. The predicted molar refractivity (Wildman–Crippen MR) is 45.3 cm³/mol. The summed E-state index contributed by atoms with van der Waals surface area (Å²) in [6.07, 6.45) is 1.91. The first-order chi connectivity index (χ1) is 5.25. The number of rotatable bonds is 3. The largest absolute Gasteiger partial charge is 0.313 e. The molecule has 1 aromatic rings. The first-order valence-corrected chi connectivity index (χ1v) is 3.94. The van der Waals surface area contributed by atoms with E-state index in [-0.39, 0.29) is 0 Å². The van der Waals surface area contributed by atoms with Gasteiger partial charge in [0.15, 0.2) is 0 Å². The van der Waals surface area contributed by atoms with E-state index in [1.54, 1.807) is 0 Å². The molecule has 0 atom stereocenters. The third kappa shape index (κ3) is 1.80. The lowest BCUT2D eigenvalue weighted by molar-refractivity contribution is 0.710. The first-order valence-electron chi connectivity index (χ1n) is 3.94. The maximum absolute atomic E-state index is 4.15. The van der Waals surface area contributed by atoms with Crippen LogP contribution < -0.4 is 5.32 Å². The highest BCUT2D eigenvalue weighted by Gasteiger charge is 2.00. The van der Waals surface area contributed by atoms with Crippen LogP contribution in [0.5, 0.6) is 0 Å². The van der Waals surface area contributed by atoms with E-state index in [2.05, 4.69) is 24.3 Å². The molecule has 1 heterocycles. The summed E-state index contributed by atoms with van der Waals surface area (Å²) in [5.41, 5.74) is 2.53. The van der Waals surface area contributed by atoms with Gasteiger partial charge in [-0.1, -0.05) is 6.92 Å². The van der Waals surface area contributed by atoms with Crippen molar-refractivity contribution in [3.63, 3.8) is 0 Å². The van der Waals surface area contributed by atoms with Gasteiger partial charge in [0, 0.05) is 24.8 Å². The van der Waals surface area contributed by atoms with Gasteiger partial charge in [0.25, 0.3) is 0 Å². The van der Waals surface area contributed by atoms with Crippen LogP contribution in [0.3, 0.4) is 0 Å². The SMILES string of the molecule is CCNCc1cnn(C)c1C. The van der Waals surface area contributed by atoms with Gasteiger partial charge in [0.1, 0.15) is 0 Å². The van der Waals surface area contributed by atoms with Gasteiger partial charge in [-0.3, -0.25) is 4.68 Å². The van der Waals surface area contributed by atoms with Crippen LogP contribution in [-0.2, 0) is 13.6 Å². The van der Waals surface area contributed by atoms with Crippen molar-refractivity contribution in [1.29, 1.82) is 0 Å². The van der Waals surface area contributed by atoms with Gasteiger partial charge in [0.05, 0.1) is 6.20 Å². The van der Waals surface area contributed by atoms with E-state index >= 15 is 0 Å². The van der Waals surface area contributed by atoms with E-state index in [0.29, 0.717) is 0 Å². The van der Waals surface area contributed by atoms with Crippen LogP contribution in [0.2, 0.25) is 0 Å². The van der Waals surface area contributed by atoms with Gasteiger partial charge in [-0.05, 0) is 13.5 Å². The zero-order valence-corrected chi connectivity index (χ0v) is 7.39. The molecule has 0 amide bonds. The molecule has 0 saturated heterocycles. The van der Waals surface area contributed by atoms with E-state index in [9.17, 15) is 0 Å². The molecular formula is C8H15N3. The average molecular weight is 153 g/mol. The van der Waals surface area contributed by atoms with Crippen molar-refractivity contribution in [2.24, 2.45) is 7.05 Å². The van der Waals surface area contributed by atoms with Crippen molar-refractivity contribution in [2.45, 2.75) is 20.4 Å². The fraction of sp³-hybridized carbons (Fsp3) is 0.625. The van der Waals surface area contributed by atoms with Crippen molar-refractivity contribution in [2.75, 3.05) is 6.54 Å². The van der Waals surface area contributed by atoms with E-state index in [0.717, 1.165) is 13.1 Å². The molecule has 0 radical (unpaired) electrons. The second-order valence-corrected chi connectivity index (χ2v) is 2.66. The molecule has 0 unspecified atom stereocenters. The maximum atomic E-state index is 4.15. The summed E-state index contributed by atoms with van der Waals surface area (Å²) in [4.78, 5) is 0. The molecule has 11 heavy (non-hydrogen) atoms. The summed E-state index contributed by atoms with van der Waals surface area (Å²) >= 11 is 0. The lowest BCUT2D eigenvalue weighted by Gasteiger charge is -1.99. The molecule has 0 aliphatic rings. The lowest BCUT2D eigenvalue weighted by Crippen LogP contribution is -2.12. The molecule has 3 nitrogen and oxygen atoms in total. The van der Waals surface area contributed by atoms with E-state index in [1.807, 2.05) is 17.9 Å². The number of aryl methyl sites for hydroxylation is 1. The third-order valence-electron chi connectivity index (χ3n) is 1.90. The van der Waals surface area contributed by atoms with Crippen molar-refractivity contribution >= 4 is 0 Å². The minimum atomic E-state index is 0.927. The molecule has 0 spiro atoms. The number of nitrogens with one attached hydrogen (secondary N) is 1. The topological polar surface area (TPSA) is 29.9 Å². The smallest absolute Gasteiger partial charge is 0.0537 e. The monoisotopic (exact) mass is 153 g/mol. The van der Waals surface area contributed by atoms with Crippen LogP contribution in [0.4, 0.5) is 0 Å². The van der Waals surface area contributed by atoms with E-state index in [1.165, 1.54) is 11.3 Å². The van der Waals surface area contributed by atoms with Crippen LogP contribution in [0, 0.1) is 6.92 Å². The summed E-state index contributed by atoms with van der Waals surface area (Å²) in [5.74, 6) is 0. The number of hydrogen-bond donors (Lipinski definition) is 1. The standard InChI is InChI=1S/C8H15N3/c1-4-9-5-8-6-10-11(3)7(8)2/h6,9H,4-5H2,1-3H3. The molecule has 0 fully saturated rings. The number of aromatic nitrogens is 2. The van der Waals surface area contributed by atoms with Gasteiger partial charge in [-0.2, -0.15) is 5.10 Å². The molecule has 0 saturated carbocycles. The third-order valence-corrected chi connectivity index (χ3v) is 1.90. The molecule has 0 bridgehead atoms. The summed E-state index contributed by atoms with van der Waals surface area (Å²) in [5, 5.41) is 7.41. The maximum Gasteiger partial charge on any atom is 0.0537 e. The summed E-state index contributed by atoms with van der Waals surface area (Å²) < 4.78 is 1.90.